The fourth-order valence-corrected chi connectivity index (χ4v) is 4.65. The first-order chi connectivity index (χ1) is 17.5. The number of carbonyl (C=O) groups is 1. The molecule has 0 bridgehead atoms. The van der Waals surface area contributed by atoms with E-state index in [0.29, 0.717) is 16.2 Å². The van der Waals surface area contributed by atoms with Crippen LogP contribution in [0.4, 0.5) is 27.9 Å². The Labute approximate surface area is 211 Å². The number of methoxy groups -OCH3 is 1. The summed E-state index contributed by atoms with van der Waals surface area (Å²) in [6, 6.07) is 6.63. The van der Waals surface area contributed by atoms with Gasteiger partial charge in [-0.05, 0) is 42.7 Å². The van der Waals surface area contributed by atoms with E-state index in [9.17, 15) is 22.4 Å². The number of fused-ring (bicyclic) bond motifs is 3. The molecule has 1 aliphatic rings. The molecule has 192 valence electrons. The number of anilines is 1. The fraction of sp³-hybridized carbons (Fsp3) is 0.250. The highest BCUT2D eigenvalue weighted by Gasteiger charge is 2.40. The second kappa shape index (κ2) is 8.94. The van der Waals surface area contributed by atoms with Crippen molar-refractivity contribution in [1.82, 2.24) is 19.9 Å². The number of carbonyl (C=O) groups excluding carboxylic acids is 1. The molecule has 0 radical (unpaired) electrons. The van der Waals surface area contributed by atoms with Crippen molar-refractivity contribution in [1.29, 1.82) is 0 Å². The molecule has 0 amide bonds. The SMILES string of the molecule is COC(=O)c1nc(N2CCc3c([nH]c4ccc(Cl)cc34)[C@@H]2c2ccc(C)c(F)c2F)nc(C(F)(F)F)n1. The van der Waals surface area contributed by atoms with Crippen LogP contribution in [-0.2, 0) is 17.3 Å². The van der Waals surface area contributed by atoms with Gasteiger partial charge in [-0.25, -0.2) is 13.6 Å². The summed E-state index contributed by atoms with van der Waals surface area (Å²) in [6.07, 6.45) is -4.74. The number of ether oxygens (including phenoxy) is 1. The van der Waals surface area contributed by atoms with Crippen LogP contribution in [0.1, 0.15) is 44.9 Å². The smallest absolute Gasteiger partial charge is 0.451 e. The number of aromatic nitrogens is 4. The second-order valence-electron chi connectivity index (χ2n) is 8.42. The Morgan fingerprint density at radius 2 is 1.89 bits per heavy atom. The van der Waals surface area contributed by atoms with Gasteiger partial charge in [-0.15, -0.1) is 0 Å². The molecule has 0 saturated heterocycles. The maximum Gasteiger partial charge on any atom is 0.451 e. The number of nitrogens with zero attached hydrogens (tertiary/aromatic N) is 4. The van der Waals surface area contributed by atoms with E-state index in [1.165, 1.54) is 24.0 Å². The first-order valence-electron chi connectivity index (χ1n) is 10.9. The Morgan fingerprint density at radius 3 is 2.59 bits per heavy atom. The lowest BCUT2D eigenvalue weighted by Crippen LogP contribution is -2.39. The van der Waals surface area contributed by atoms with E-state index >= 15 is 4.39 Å². The van der Waals surface area contributed by atoms with Gasteiger partial charge in [0.15, 0.2) is 11.6 Å². The Bertz CT molecular complexity index is 1560. The second-order valence-corrected chi connectivity index (χ2v) is 8.86. The first kappa shape index (κ1) is 24.9. The Balaban J connectivity index is 1.77. The fourth-order valence-electron chi connectivity index (χ4n) is 4.47. The van der Waals surface area contributed by atoms with Crippen LogP contribution in [0, 0.1) is 18.6 Å². The van der Waals surface area contributed by atoms with Gasteiger partial charge in [0.2, 0.25) is 17.6 Å². The number of aromatic amines is 1. The maximum atomic E-state index is 15.3. The minimum Gasteiger partial charge on any atom is -0.463 e. The number of hydrogen-bond acceptors (Lipinski definition) is 6. The van der Waals surface area contributed by atoms with Gasteiger partial charge < -0.3 is 14.6 Å². The molecular weight excluding hydrogens is 521 g/mol. The molecule has 5 rings (SSSR count). The molecule has 37 heavy (non-hydrogen) atoms. The molecular formula is C24H17ClF5N5O2. The molecule has 7 nitrogen and oxygen atoms in total. The molecule has 0 spiro atoms. The van der Waals surface area contributed by atoms with Crippen LogP contribution < -0.4 is 4.90 Å². The minimum absolute atomic E-state index is 0.00793. The lowest BCUT2D eigenvalue weighted by Gasteiger charge is -2.36. The Kier molecular flexibility index (Phi) is 6.01. The summed E-state index contributed by atoms with van der Waals surface area (Å²) in [6.45, 7) is 1.40. The van der Waals surface area contributed by atoms with Gasteiger partial charge in [0.25, 0.3) is 0 Å². The van der Waals surface area contributed by atoms with E-state index in [1.54, 1.807) is 18.2 Å². The monoisotopic (exact) mass is 537 g/mol. The van der Waals surface area contributed by atoms with E-state index in [4.69, 9.17) is 11.6 Å². The maximum absolute atomic E-state index is 15.3. The van der Waals surface area contributed by atoms with Crippen LogP contribution in [0.3, 0.4) is 0 Å². The van der Waals surface area contributed by atoms with Crippen LogP contribution >= 0.6 is 11.6 Å². The summed E-state index contributed by atoms with van der Waals surface area (Å²) in [5.41, 5.74) is 1.68. The predicted octanol–water partition coefficient (Wildman–Crippen LogP) is 5.55. The molecule has 1 N–H and O–H groups in total. The highest BCUT2D eigenvalue weighted by molar-refractivity contribution is 6.31. The van der Waals surface area contributed by atoms with Crippen molar-refractivity contribution in [3.8, 4) is 0 Å². The average Bonchev–Trinajstić information content (AvgIpc) is 3.23. The number of alkyl halides is 3. The highest BCUT2D eigenvalue weighted by Crippen LogP contribution is 2.42. The molecule has 1 aliphatic heterocycles. The Hall–Kier alpha value is -3.80. The minimum atomic E-state index is -5.02. The predicted molar refractivity (Wildman–Crippen MR) is 123 cm³/mol. The van der Waals surface area contributed by atoms with Gasteiger partial charge in [0.1, 0.15) is 6.04 Å². The summed E-state index contributed by atoms with van der Waals surface area (Å²) in [5, 5.41) is 1.19. The van der Waals surface area contributed by atoms with Crippen molar-refractivity contribution >= 4 is 34.4 Å². The molecule has 2 aromatic heterocycles. The van der Waals surface area contributed by atoms with Crippen LogP contribution in [0.25, 0.3) is 10.9 Å². The zero-order valence-corrected chi connectivity index (χ0v) is 20.0. The van der Waals surface area contributed by atoms with Gasteiger partial charge in [-0.2, -0.15) is 28.1 Å². The van der Waals surface area contributed by atoms with Crippen LogP contribution in [-0.4, -0.2) is 39.6 Å². The number of nitrogens with one attached hydrogen (secondary N) is 1. The van der Waals surface area contributed by atoms with E-state index in [1.807, 2.05) is 0 Å². The first-order valence-corrected chi connectivity index (χ1v) is 11.3. The van der Waals surface area contributed by atoms with Crippen LogP contribution in [0.15, 0.2) is 30.3 Å². The molecule has 0 fully saturated rings. The van der Waals surface area contributed by atoms with Gasteiger partial charge in [0.05, 0.1) is 7.11 Å². The summed E-state index contributed by atoms with van der Waals surface area (Å²) < 4.78 is 75.4. The highest BCUT2D eigenvalue weighted by atomic mass is 35.5. The van der Waals surface area contributed by atoms with E-state index < -0.39 is 47.4 Å². The molecule has 0 saturated carbocycles. The average molecular weight is 538 g/mol. The number of esters is 1. The number of H-pyrrole nitrogens is 1. The largest absolute Gasteiger partial charge is 0.463 e. The Morgan fingerprint density at radius 1 is 1.14 bits per heavy atom. The topological polar surface area (TPSA) is 84.0 Å². The van der Waals surface area contributed by atoms with Crippen molar-refractivity contribution < 1.29 is 31.5 Å². The van der Waals surface area contributed by atoms with Crippen LogP contribution in [0.5, 0.6) is 0 Å². The van der Waals surface area contributed by atoms with E-state index in [0.717, 1.165) is 18.1 Å². The molecule has 2 aromatic carbocycles. The summed E-state index contributed by atoms with van der Waals surface area (Å²) in [5.74, 6) is -6.51. The van der Waals surface area contributed by atoms with Crippen molar-refractivity contribution in [3.63, 3.8) is 0 Å². The van der Waals surface area contributed by atoms with E-state index in [-0.39, 0.29) is 24.1 Å². The zero-order valence-electron chi connectivity index (χ0n) is 19.3. The number of hydrogen-bond donors (Lipinski definition) is 1. The summed E-state index contributed by atoms with van der Waals surface area (Å²) in [4.78, 5) is 27.2. The van der Waals surface area contributed by atoms with Gasteiger partial charge in [-0.3, -0.25) is 0 Å². The molecule has 4 aromatic rings. The number of rotatable bonds is 3. The third-order valence-electron chi connectivity index (χ3n) is 6.19. The van der Waals surface area contributed by atoms with Crippen LogP contribution in [0.2, 0.25) is 5.02 Å². The summed E-state index contributed by atoms with van der Waals surface area (Å²) in [7, 11) is 0.967. The molecule has 3 heterocycles. The third kappa shape index (κ3) is 4.24. The van der Waals surface area contributed by atoms with E-state index in [2.05, 4.69) is 24.7 Å². The molecule has 0 aliphatic carbocycles. The number of aryl methyl sites for hydroxylation is 1. The van der Waals surface area contributed by atoms with Crippen molar-refractivity contribution in [2.75, 3.05) is 18.6 Å². The molecule has 0 unspecified atom stereocenters. The van der Waals surface area contributed by atoms with Gasteiger partial charge in [-0.1, -0.05) is 23.7 Å². The van der Waals surface area contributed by atoms with Gasteiger partial charge in [0, 0.05) is 33.7 Å². The van der Waals surface area contributed by atoms with Crippen molar-refractivity contribution in [2.24, 2.45) is 0 Å². The lowest BCUT2D eigenvalue weighted by atomic mass is 9.91. The third-order valence-corrected chi connectivity index (χ3v) is 6.43. The number of halogens is 6. The molecule has 13 heteroatoms. The summed E-state index contributed by atoms with van der Waals surface area (Å²) >= 11 is 6.17. The molecule has 1 atom stereocenters. The standard InChI is InChI=1S/C24H17ClF5N5O2/c1-10-3-5-13(17(27)16(10)26)19-18-12(14-9-11(25)4-6-15(14)31-18)7-8-35(19)23-33-20(21(36)37-2)32-22(34-23)24(28,29)30/h3-6,9,19,31H,7-8H2,1-2H3/t19-/m0/s1. The van der Waals surface area contributed by atoms with Crippen molar-refractivity contribution in [2.45, 2.75) is 25.6 Å². The zero-order chi connectivity index (χ0) is 26.6. The van der Waals surface area contributed by atoms with Gasteiger partial charge >= 0.3 is 12.1 Å². The van der Waals surface area contributed by atoms with Crippen molar-refractivity contribution in [3.05, 3.63) is 81.0 Å². The normalized spacial score (nSPS) is 15.7. The quantitative estimate of drug-likeness (QED) is 0.272. The lowest BCUT2D eigenvalue weighted by molar-refractivity contribution is -0.145. The number of benzene rings is 2.